The predicted molar refractivity (Wildman–Crippen MR) is 140 cm³/mol. The van der Waals surface area contributed by atoms with Crippen LogP contribution in [0.5, 0.6) is 0 Å². The van der Waals surface area contributed by atoms with Crippen LogP contribution in [0.15, 0.2) is 30.9 Å². The van der Waals surface area contributed by atoms with Gasteiger partial charge in [-0.3, -0.25) is 14.3 Å². The zero-order valence-corrected chi connectivity index (χ0v) is 22.9. The van der Waals surface area contributed by atoms with E-state index in [2.05, 4.69) is 29.9 Å². The fourth-order valence-corrected chi connectivity index (χ4v) is 6.04. The molecule has 4 rings (SSSR count). The van der Waals surface area contributed by atoms with Gasteiger partial charge in [-0.15, -0.1) is 10.2 Å². The summed E-state index contributed by atoms with van der Waals surface area (Å²) in [5.41, 5.74) is 2.58. The summed E-state index contributed by atoms with van der Waals surface area (Å²) in [5.74, 6) is 0.606. The number of aryl methyl sites for hydroxylation is 2. The van der Waals surface area contributed by atoms with Crippen molar-refractivity contribution in [2.75, 3.05) is 18.9 Å². The molecule has 3 aromatic heterocycles. The van der Waals surface area contributed by atoms with Crippen molar-refractivity contribution in [3.05, 3.63) is 47.8 Å². The number of pyridine rings is 1. The van der Waals surface area contributed by atoms with Gasteiger partial charge in [0.25, 0.3) is 0 Å². The summed E-state index contributed by atoms with van der Waals surface area (Å²) in [6, 6.07) is 1.60. The van der Waals surface area contributed by atoms with E-state index < -0.39 is 21.2 Å². The van der Waals surface area contributed by atoms with Gasteiger partial charge in [-0.2, -0.15) is 0 Å². The molecule has 4 unspecified atom stereocenters. The molecule has 0 amide bonds. The minimum absolute atomic E-state index is 0.108. The predicted octanol–water partition coefficient (Wildman–Crippen LogP) is 3.44. The highest BCUT2D eigenvalue weighted by Gasteiger charge is 2.40. The van der Waals surface area contributed by atoms with Gasteiger partial charge in [-0.25, -0.2) is 18.4 Å². The molecule has 12 heteroatoms. The summed E-state index contributed by atoms with van der Waals surface area (Å²) in [7, 11) is -0.596. The van der Waals surface area contributed by atoms with E-state index in [0.717, 1.165) is 36.0 Å². The number of sulfonamides is 1. The Balaban J connectivity index is 1.76. The van der Waals surface area contributed by atoms with Gasteiger partial charge in [0, 0.05) is 50.5 Å². The number of nitrogens with zero attached hydrogens (tertiary/aromatic N) is 6. The Morgan fingerprint density at radius 3 is 2.22 bits per heavy atom. The van der Waals surface area contributed by atoms with Gasteiger partial charge in [0.05, 0.1) is 23.5 Å². The van der Waals surface area contributed by atoms with E-state index in [0.29, 0.717) is 11.6 Å². The van der Waals surface area contributed by atoms with Crippen LogP contribution < -0.4 is 4.72 Å². The topological polar surface area (TPSA) is 134 Å². The van der Waals surface area contributed by atoms with E-state index in [4.69, 9.17) is 9.47 Å². The molecular formula is C25H35N7O4S. The van der Waals surface area contributed by atoms with Crippen LogP contribution in [0.25, 0.3) is 11.4 Å². The van der Waals surface area contributed by atoms with Crippen LogP contribution in [-0.2, 0) is 19.5 Å². The van der Waals surface area contributed by atoms with Crippen molar-refractivity contribution in [3.8, 4) is 11.4 Å². The smallest absolute Gasteiger partial charge is 0.239 e. The first-order valence-corrected chi connectivity index (χ1v) is 13.9. The molecular weight excluding hydrogens is 494 g/mol. The summed E-state index contributed by atoms with van der Waals surface area (Å²) >= 11 is 0. The Bertz CT molecular complexity index is 1300. The average Bonchev–Trinajstić information content (AvgIpc) is 3.29. The molecule has 3 heterocycles. The molecule has 1 N–H and O–H groups in total. The molecule has 0 aromatic carbocycles. The number of anilines is 1. The molecule has 1 aliphatic carbocycles. The Morgan fingerprint density at radius 1 is 0.973 bits per heavy atom. The molecule has 11 nitrogen and oxygen atoms in total. The third kappa shape index (κ3) is 5.65. The number of hydrogen-bond acceptors (Lipinski definition) is 9. The van der Waals surface area contributed by atoms with Crippen molar-refractivity contribution in [2.24, 2.45) is 0 Å². The number of rotatable bonds is 9. The highest BCUT2D eigenvalue weighted by atomic mass is 32.2. The molecule has 0 aliphatic heterocycles. The summed E-state index contributed by atoms with van der Waals surface area (Å²) in [6.45, 7) is 7.26. The fourth-order valence-electron chi connectivity index (χ4n) is 4.80. The van der Waals surface area contributed by atoms with Crippen molar-refractivity contribution in [2.45, 2.75) is 76.4 Å². The lowest BCUT2D eigenvalue weighted by molar-refractivity contribution is -0.0547. The van der Waals surface area contributed by atoms with E-state index in [1.54, 1.807) is 57.4 Å². The molecule has 0 saturated heterocycles. The zero-order valence-electron chi connectivity index (χ0n) is 22.1. The molecule has 1 saturated carbocycles. The van der Waals surface area contributed by atoms with Crippen LogP contribution in [0.4, 0.5) is 5.95 Å². The molecule has 200 valence electrons. The van der Waals surface area contributed by atoms with Crippen molar-refractivity contribution in [1.29, 1.82) is 0 Å². The molecule has 1 aliphatic rings. The van der Waals surface area contributed by atoms with E-state index in [1.807, 2.05) is 19.9 Å². The normalized spacial score (nSPS) is 21.9. The van der Waals surface area contributed by atoms with Crippen molar-refractivity contribution >= 4 is 16.0 Å². The van der Waals surface area contributed by atoms with Crippen LogP contribution in [0.2, 0.25) is 0 Å². The number of nitrogens with one attached hydrogen (secondary N) is 1. The average molecular weight is 530 g/mol. The van der Waals surface area contributed by atoms with Gasteiger partial charge in [0.2, 0.25) is 16.0 Å². The maximum atomic E-state index is 13.6. The van der Waals surface area contributed by atoms with Crippen LogP contribution >= 0.6 is 0 Å². The van der Waals surface area contributed by atoms with E-state index in [-0.39, 0.29) is 24.2 Å². The minimum atomic E-state index is -3.91. The van der Waals surface area contributed by atoms with Gasteiger partial charge < -0.3 is 9.47 Å². The van der Waals surface area contributed by atoms with Crippen LogP contribution in [0, 0.1) is 13.8 Å². The van der Waals surface area contributed by atoms with E-state index >= 15 is 0 Å². The molecule has 1 fully saturated rings. The third-order valence-electron chi connectivity index (χ3n) is 7.11. The number of ether oxygens (including phenoxy) is 2. The Kier molecular flexibility index (Phi) is 8.20. The SMILES string of the molecule is COC1CCCC(OC)C1n1c(NS(=O)(=O)C(C)C(C)c2ncc(C)cn2)nnc1-c1cncc(C)c1. The van der Waals surface area contributed by atoms with Crippen molar-refractivity contribution in [1.82, 2.24) is 29.7 Å². The van der Waals surface area contributed by atoms with Crippen molar-refractivity contribution in [3.63, 3.8) is 0 Å². The summed E-state index contributed by atoms with van der Waals surface area (Å²) < 4.78 is 43.4. The number of aromatic nitrogens is 6. The Labute approximate surface area is 218 Å². The fraction of sp³-hybridized carbons (Fsp3) is 0.560. The second kappa shape index (κ2) is 11.2. The first-order chi connectivity index (χ1) is 17.7. The minimum Gasteiger partial charge on any atom is -0.379 e. The van der Waals surface area contributed by atoms with E-state index in [9.17, 15) is 8.42 Å². The maximum absolute atomic E-state index is 13.6. The second-order valence-corrected chi connectivity index (χ2v) is 11.7. The zero-order chi connectivity index (χ0) is 26.7. The third-order valence-corrected chi connectivity index (χ3v) is 8.96. The first kappa shape index (κ1) is 27.1. The van der Waals surface area contributed by atoms with Crippen molar-refractivity contribution < 1.29 is 17.9 Å². The summed E-state index contributed by atoms with van der Waals surface area (Å²) in [6.07, 6.45) is 8.91. The highest BCUT2D eigenvalue weighted by molar-refractivity contribution is 7.93. The quantitative estimate of drug-likeness (QED) is 0.442. The van der Waals surface area contributed by atoms with Gasteiger partial charge in [-0.1, -0.05) is 6.92 Å². The van der Waals surface area contributed by atoms with Gasteiger partial charge >= 0.3 is 0 Å². The standard InChI is InChI=1S/C25H35N7O4S/c1-15-10-19(14-26-11-15)24-29-30-25(32(24)22-20(35-5)8-7-9-21(22)36-6)31-37(33,34)18(4)17(3)23-27-12-16(2)13-28-23/h10-14,17-18,20-22H,7-9H2,1-6H3,(H,30,31). The maximum Gasteiger partial charge on any atom is 0.239 e. The molecule has 0 bridgehead atoms. The number of methoxy groups -OCH3 is 2. The monoisotopic (exact) mass is 529 g/mol. The Hall–Kier alpha value is -2.96. The molecule has 37 heavy (non-hydrogen) atoms. The lowest BCUT2D eigenvalue weighted by atomic mass is 9.89. The molecule has 3 aromatic rings. The number of hydrogen-bond donors (Lipinski definition) is 1. The highest BCUT2D eigenvalue weighted by Crippen LogP contribution is 2.38. The van der Waals surface area contributed by atoms with Gasteiger partial charge in [0.15, 0.2) is 5.82 Å². The largest absolute Gasteiger partial charge is 0.379 e. The van der Waals surface area contributed by atoms with Crippen LogP contribution in [0.1, 0.15) is 62.0 Å². The Morgan fingerprint density at radius 2 is 1.62 bits per heavy atom. The van der Waals surface area contributed by atoms with Gasteiger partial charge in [0.1, 0.15) is 5.82 Å². The summed E-state index contributed by atoms with van der Waals surface area (Å²) in [4.78, 5) is 13.0. The molecule has 0 radical (unpaired) electrons. The second-order valence-electron chi connectivity index (χ2n) is 9.70. The van der Waals surface area contributed by atoms with Crippen LogP contribution in [-0.4, -0.2) is 69.8 Å². The molecule has 4 atom stereocenters. The lowest BCUT2D eigenvalue weighted by Gasteiger charge is -2.38. The van der Waals surface area contributed by atoms with Gasteiger partial charge in [-0.05, 0) is 57.2 Å². The summed E-state index contributed by atoms with van der Waals surface area (Å²) in [5, 5.41) is 7.86. The lowest BCUT2D eigenvalue weighted by Crippen LogP contribution is -2.41. The van der Waals surface area contributed by atoms with E-state index in [1.165, 1.54) is 0 Å². The first-order valence-electron chi connectivity index (χ1n) is 12.4. The van der Waals surface area contributed by atoms with Crippen LogP contribution in [0.3, 0.4) is 0 Å². The molecule has 0 spiro atoms.